The first-order valence-corrected chi connectivity index (χ1v) is 4.46. The average molecular weight is 204 g/mol. The van der Waals surface area contributed by atoms with Gasteiger partial charge in [-0.15, -0.1) is 0 Å². The highest BCUT2D eigenvalue weighted by atomic mass is 19.1. The van der Waals surface area contributed by atoms with Gasteiger partial charge in [-0.25, -0.2) is 4.39 Å². The third-order valence-corrected chi connectivity index (χ3v) is 1.88. The maximum Gasteiger partial charge on any atom is 0.257 e. The van der Waals surface area contributed by atoms with E-state index in [0.29, 0.717) is 5.89 Å². The van der Waals surface area contributed by atoms with Crippen LogP contribution in [0.15, 0.2) is 40.9 Å². The molecular weight excluding hydrogens is 195 g/mol. The van der Waals surface area contributed by atoms with Crippen LogP contribution in [0.3, 0.4) is 0 Å². The predicted octanol–water partition coefficient (Wildman–Crippen LogP) is 3.07. The molecule has 0 bridgehead atoms. The number of nitrogens with zero attached hydrogens (tertiary/aromatic N) is 2. The molecule has 2 aromatic rings. The SMILES string of the molecule is C/C(F)=C/c1ccc(-c2ncno2)cc1. The average Bonchev–Trinajstić information content (AvgIpc) is 2.71. The first-order chi connectivity index (χ1) is 7.25. The van der Waals surface area contributed by atoms with E-state index in [1.807, 2.05) is 12.1 Å². The summed E-state index contributed by atoms with van der Waals surface area (Å²) in [6, 6.07) is 7.20. The fourth-order valence-electron chi connectivity index (χ4n) is 1.25. The van der Waals surface area contributed by atoms with Crippen LogP contribution in [0.25, 0.3) is 17.5 Å². The Morgan fingerprint density at radius 2 is 2.07 bits per heavy atom. The molecule has 4 heteroatoms. The van der Waals surface area contributed by atoms with E-state index < -0.39 is 0 Å². The molecule has 15 heavy (non-hydrogen) atoms. The van der Waals surface area contributed by atoms with Crippen molar-refractivity contribution in [2.45, 2.75) is 6.92 Å². The van der Waals surface area contributed by atoms with E-state index in [-0.39, 0.29) is 5.83 Å². The summed E-state index contributed by atoms with van der Waals surface area (Å²) in [5, 5.41) is 3.51. The molecule has 0 amide bonds. The third-order valence-electron chi connectivity index (χ3n) is 1.88. The molecule has 0 aliphatic heterocycles. The smallest absolute Gasteiger partial charge is 0.257 e. The Labute approximate surface area is 86.2 Å². The normalized spacial score (nSPS) is 11.7. The monoisotopic (exact) mass is 204 g/mol. The van der Waals surface area contributed by atoms with E-state index in [0.717, 1.165) is 11.1 Å². The quantitative estimate of drug-likeness (QED) is 0.754. The van der Waals surface area contributed by atoms with Crippen molar-refractivity contribution >= 4 is 6.08 Å². The van der Waals surface area contributed by atoms with Crippen molar-refractivity contribution in [3.63, 3.8) is 0 Å². The zero-order chi connectivity index (χ0) is 10.7. The molecule has 0 N–H and O–H groups in total. The fraction of sp³-hybridized carbons (Fsp3) is 0.0909. The van der Waals surface area contributed by atoms with Crippen LogP contribution in [0.1, 0.15) is 12.5 Å². The van der Waals surface area contributed by atoms with Gasteiger partial charge >= 0.3 is 0 Å². The minimum absolute atomic E-state index is 0.222. The van der Waals surface area contributed by atoms with Gasteiger partial charge in [-0.3, -0.25) is 0 Å². The van der Waals surface area contributed by atoms with Crippen LogP contribution < -0.4 is 0 Å². The zero-order valence-corrected chi connectivity index (χ0v) is 8.14. The Bertz CT molecular complexity index is 456. The van der Waals surface area contributed by atoms with Crippen LogP contribution in [-0.4, -0.2) is 10.1 Å². The Morgan fingerprint density at radius 1 is 1.33 bits per heavy atom. The van der Waals surface area contributed by atoms with Gasteiger partial charge in [0.1, 0.15) is 0 Å². The van der Waals surface area contributed by atoms with Crippen molar-refractivity contribution < 1.29 is 8.91 Å². The minimum atomic E-state index is -0.222. The summed E-state index contributed by atoms with van der Waals surface area (Å²) in [7, 11) is 0. The first-order valence-electron chi connectivity index (χ1n) is 4.46. The Balaban J connectivity index is 2.29. The Hall–Kier alpha value is -1.97. The molecule has 1 heterocycles. The van der Waals surface area contributed by atoms with Gasteiger partial charge in [0.05, 0.1) is 5.83 Å². The van der Waals surface area contributed by atoms with Crippen LogP contribution in [0.2, 0.25) is 0 Å². The summed E-state index contributed by atoms with van der Waals surface area (Å²) >= 11 is 0. The van der Waals surface area contributed by atoms with Crippen molar-refractivity contribution in [3.05, 3.63) is 42.0 Å². The maximum absolute atomic E-state index is 12.6. The molecule has 0 saturated heterocycles. The summed E-state index contributed by atoms with van der Waals surface area (Å²) in [5.41, 5.74) is 1.62. The Morgan fingerprint density at radius 3 is 2.60 bits per heavy atom. The van der Waals surface area contributed by atoms with E-state index in [9.17, 15) is 4.39 Å². The lowest BCUT2D eigenvalue weighted by atomic mass is 10.1. The van der Waals surface area contributed by atoms with Gasteiger partial charge in [-0.05, 0) is 30.7 Å². The molecule has 76 valence electrons. The number of hydrogen-bond donors (Lipinski definition) is 0. The largest absolute Gasteiger partial charge is 0.334 e. The van der Waals surface area contributed by atoms with E-state index >= 15 is 0 Å². The topological polar surface area (TPSA) is 38.9 Å². The molecule has 2 rings (SSSR count). The van der Waals surface area contributed by atoms with Crippen LogP contribution in [-0.2, 0) is 0 Å². The summed E-state index contributed by atoms with van der Waals surface area (Å²) in [6.45, 7) is 1.41. The van der Waals surface area contributed by atoms with Crippen LogP contribution in [0.4, 0.5) is 4.39 Å². The molecule has 0 unspecified atom stereocenters. The van der Waals surface area contributed by atoms with Crippen LogP contribution in [0, 0.1) is 0 Å². The summed E-state index contributed by atoms with van der Waals surface area (Å²) < 4.78 is 17.5. The van der Waals surface area contributed by atoms with E-state index in [4.69, 9.17) is 4.52 Å². The molecular formula is C11H9FN2O. The molecule has 1 aromatic carbocycles. The highest BCUT2D eigenvalue weighted by Gasteiger charge is 2.02. The molecule has 0 aliphatic carbocycles. The standard InChI is InChI=1S/C11H9FN2O/c1-8(12)6-9-2-4-10(5-3-9)11-13-7-14-15-11/h2-7H,1H3/b8-6-. The lowest BCUT2D eigenvalue weighted by Gasteiger charge is -1.96. The van der Waals surface area contributed by atoms with Gasteiger partial charge in [0, 0.05) is 5.56 Å². The van der Waals surface area contributed by atoms with Gasteiger partial charge in [-0.1, -0.05) is 17.3 Å². The van der Waals surface area contributed by atoms with Crippen LogP contribution >= 0.6 is 0 Å². The van der Waals surface area contributed by atoms with Gasteiger partial charge in [0.15, 0.2) is 6.33 Å². The number of benzene rings is 1. The number of aromatic nitrogens is 2. The molecule has 0 spiro atoms. The third kappa shape index (κ3) is 2.28. The summed E-state index contributed by atoms with van der Waals surface area (Å²) in [4.78, 5) is 3.91. The zero-order valence-electron chi connectivity index (χ0n) is 8.14. The molecule has 1 aromatic heterocycles. The maximum atomic E-state index is 12.6. The highest BCUT2D eigenvalue weighted by Crippen LogP contribution is 2.17. The van der Waals surface area contributed by atoms with Gasteiger partial charge in [-0.2, -0.15) is 4.98 Å². The second kappa shape index (κ2) is 4.04. The minimum Gasteiger partial charge on any atom is -0.334 e. The highest BCUT2D eigenvalue weighted by molar-refractivity contribution is 5.58. The molecule has 0 fully saturated rings. The molecule has 0 saturated carbocycles. The number of allylic oxidation sites excluding steroid dienone is 1. The second-order valence-electron chi connectivity index (χ2n) is 3.10. The lowest BCUT2D eigenvalue weighted by molar-refractivity contribution is 0.430. The van der Waals surface area contributed by atoms with E-state index in [2.05, 4.69) is 10.1 Å². The summed E-state index contributed by atoms with van der Waals surface area (Å²) in [5.74, 6) is 0.239. The van der Waals surface area contributed by atoms with E-state index in [1.165, 1.54) is 19.3 Å². The van der Waals surface area contributed by atoms with E-state index in [1.54, 1.807) is 12.1 Å². The number of rotatable bonds is 2. The van der Waals surface area contributed by atoms with Gasteiger partial charge < -0.3 is 4.52 Å². The Kier molecular flexibility index (Phi) is 2.58. The van der Waals surface area contributed by atoms with Crippen LogP contribution in [0.5, 0.6) is 0 Å². The lowest BCUT2D eigenvalue weighted by Crippen LogP contribution is -1.78. The van der Waals surface area contributed by atoms with Crippen molar-refractivity contribution in [3.8, 4) is 11.5 Å². The van der Waals surface area contributed by atoms with Crippen molar-refractivity contribution in [1.29, 1.82) is 0 Å². The molecule has 0 radical (unpaired) electrons. The van der Waals surface area contributed by atoms with Crippen molar-refractivity contribution in [2.24, 2.45) is 0 Å². The molecule has 0 atom stereocenters. The van der Waals surface area contributed by atoms with Crippen molar-refractivity contribution in [2.75, 3.05) is 0 Å². The number of halogens is 1. The van der Waals surface area contributed by atoms with Crippen molar-refractivity contribution in [1.82, 2.24) is 10.1 Å². The molecule has 0 aliphatic rings. The number of hydrogen-bond acceptors (Lipinski definition) is 3. The summed E-state index contributed by atoms with van der Waals surface area (Å²) in [6.07, 6.45) is 2.80. The first kappa shape index (κ1) is 9.58. The fourth-order valence-corrected chi connectivity index (χ4v) is 1.25. The second-order valence-corrected chi connectivity index (χ2v) is 3.10. The van der Waals surface area contributed by atoms with Gasteiger partial charge in [0.25, 0.3) is 5.89 Å². The molecule has 3 nitrogen and oxygen atoms in total. The van der Waals surface area contributed by atoms with Gasteiger partial charge in [0.2, 0.25) is 0 Å². The predicted molar refractivity (Wildman–Crippen MR) is 54.5 cm³/mol.